The number of hydrogen-bond acceptors (Lipinski definition) is 6. The maximum atomic E-state index is 13.7. The van der Waals surface area contributed by atoms with Gasteiger partial charge >= 0.3 is 0 Å². The SMILES string of the molecule is Cc1ccc(S(=O)(=O)N(CC(=O)N2CCN(Cc3ccc4c(c3)OCO4)CC2)c2cc(Cl)cc(Cl)c2)cc1. The van der Waals surface area contributed by atoms with Crippen LogP contribution in [-0.2, 0) is 21.4 Å². The Labute approximate surface area is 232 Å². The first kappa shape index (κ1) is 26.6. The van der Waals surface area contributed by atoms with Gasteiger partial charge < -0.3 is 14.4 Å². The Morgan fingerprint density at radius 2 is 1.55 bits per heavy atom. The second kappa shape index (κ2) is 11.0. The number of hydrogen-bond donors (Lipinski definition) is 0. The van der Waals surface area contributed by atoms with E-state index in [1.165, 1.54) is 30.3 Å². The average Bonchev–Trinajstić information content (AvgIpc) is 3.35. The second-order valence-electron chi connectivity index (χ2n) is 9.30. The van der Waals surface area contributed by atoms with Gasteiger partial charge in [0.25, 0.3) is 10.0 Å². The third-order valence-corrected chi connectivity index (χ3v) is 8.82. The fourth-order valence-electron chi connectivity index (χ4n) is 4.51. The van der Waals surface area contributed by atoms with Gasteiger partial charge in [-0.25, -0.2) is 8.42 Å². The number of rotatable bonds is 7. The predicted octanol–water partition coefficient (Wildman–Crippen LogP) is 4.57. The van der Waals surface area contributed by atoms with Crippen molar-refractivity contribution in [2.24, 2.45) is 0 Å². The fourth-order valence-corrected chi connectivity index (χ4v) is 6.42. The summed E-state index contributed by atoms with van der Waals surface area (Å²) in [5.74, 6) is 1.20. The number of amides is 1. The number of ether oxygens (including phenoxy) is 2. The molecule has 5 rings (SSSR count). The van der Waals surface area contributed by atoms with Crippen LogP contribution in [-0.4, -0.2) is 63.6 Å². The standard InChI is InChI=1S/C27H27Cl2N3O5S/c1-19-2-5-24(6-3-19)38(34,35)32(23-14-21(28)13-22(29)15-23)17-27(33)31-10-8-30(9-11-31)16-20-4-7-25-26(12-20)37-18-36-25/h2-7,12-15H,8-11,16-18H2,1H3. The molecule has 0 unspecified atom stereocenters. The lowest BCUT2D eigenvalue weighted by atomic mass is 10.1. The lowest BCUT2D eigenvalue weighted by molar-refractivity contribution is -0.131. The van der Waals surface area contributed by atoms with E-state index >= 15 is 0 Å². The Morgan fingerprint density at radius 1 is 0.895 bits per heavy atom. The number of aryl methyl sites for hydroxylation is 1. The minimum Gasteiger partial charge on any atom is -0.454 e. The second-order valence-corrected chi connectivity index (χ2v) is 12.0. The topological polar surface area (TPSA) is 79.4 Å². The van der Waals surface area contributed by atoms with Gasteiger partial charge in [-0.1, -0.05) is 47.0 Å². The summed E-state index contributed by atoms with van der Waals surface area (Å²) in [7, 11) is -4.06. The van der Waals surface area contributed by atoms with Crippen LogP contribution >= 0.6 is 23.2 Å². The summed E-state index contributed by atoms with van der Waals surface area (Å²) in [4.78, 5) is 17.4. The molecule has 38 heavy (non-hydrogen) atoms. The quantitative estimate of drug-likeness (QED) is 0.410. The van der Waals surface area contributed by atoms with Gasteiger partial charge in [-0.05, 0) is 55.0 Å². The number of fused-ring (bicyclic) bond motifs is 1. The zero-order chi connectivity index (χ0) is 26.9. The van der Waals surface area contributed by atoms with Crippen molar-refractivity contribution in [1.82, 2.24) is 9.80 Å². The first-order chi connectivity index (χ1) is 18.2. The van der Waals surface area contributed by atoms with Gasteiger partial charge in [0.1, 0.15) is 6.54 Å². The molecule has 0 saturated carbocycles. The Bertz CT molecular complexity index is 1420. The number of halogens is 2. The largest absolute Gasteiger partial charge is 0.454 e. The third kappa shape index (κ3) is 5.86. The van der Waals surface area contributed by atoms with Crippen LogP contribution in [0.4, 0.5) is 5.69 Å². The van der Waals surface area contributed by atoms with E-state index in [-0.39, 0.29) is 39.9 Å². The zero-order valence-corrected chi connectivity index (χ0v) is 23.1. The number of anilines is 1. The molecule has 0 atom stereocenters. The molecule has 0 aliphatic carbocycles. The van der Waals surface area contributed by atoms with Crippen LogP contribution in [0.15, 0.2) is 65.6 Å². The molecule has 1 fully saturated rings. The summed E-state index contributed by atoms with van der Waals surface area (Å²) in [6.45, 7) is 4.75. The van der Waals surface area contributed by atoms with Crippen molar-refractivity contribution in [3.63, 3.8) is 0 Å². The lowest BCUT2D eigenvalue weighted by Gasteiger charge is -2.36. The molecule has 11 heteroatoms. The van der Waals surface area contributed by atoms with Crippen LogP contribution in [0.5, 0.6) is 11.5 Å². The molecule has 8 nitrogen and oxygen atoms in total. The Balaban J connectivity index is 1.29. The maximum absolute atomic E-state index is 13.7. The van der Waals surface area contributed by atoms with E-state index in [1.54, 1.807) is 17.0 Å². The van der Waals surface area contributed by atoms with E-state index in [4.69, 9.17) is 32.7 Å². The van der Waals surface area contributed by atoms with Gasteiger partial charge in [-0.2, -0.15) is 0 Å². The first-order valence-electron chi connectivity index (χ1n) is 12.1. The Hall–Kier alpha value is -2.98. The summed E-state index contributed by atoms with van der Waals surface area (Å²) in [6, 6.07) is 16.9. The smallest absolute Gasteiger partial charge is 0.264 e. The fraction of sp³-hybridized carbons (Fsp3) is 0.296. The summed E-state index contributed by atoms with van der Waals surface area (Å²) in [5.41, 5.74) is 2.26. The monoisotopic (exact) mass is 575 g/mol. The molecule has 2 heterocycles. The van der Waals surface area contributed by atoms with Crippen molar-refractivity contribution >= 4 is 44.8 Å². The maximum Gasteiger partial charge on any atom is 0.264 e. The van der Waals surface area contributed by atoms with E-state index in [9.17, 15) is 13.2 Å². The van der Waals surface area contributed by atoms with Crippen molar-refractivity contribution in [2.75, 3.05) is 43.8 Å². The van der Waals surface area contributed by atoms with Crippen molar-refractivity contribution < 1.29 is 22.7 Å². The zero-order valence-electron chi connectivity index (χ0n) is 20.8. The summed E-state index contributed by atoms with van der Waals surface area (Å²) < 4.78 is 39.2. The number of piperazine rings is 1. The van der Waals surface area contributed by atoms with Crippen LogP contribution in [0.25, 0.3) is 0 Å². The molecule has 3 aromatic carbocycles. The van der Waals surface area contributed by atoms with E-state index in [0.717, 1.165) is 26.9 Å². The highest BCUT2D eigenvalue weighted by atomic mass is 35.5. The molecule has 0 aromatic heterocycles. The van der Waals surface area contributed by atoms with Gasteiger partial charge in [-0.15, -0.1) is 0 Å². The molecule has 0 N–H and O–H groups in total. The van der Waals surface area contributed by atoms with Crippen molar-refractivity contribution in [2.45, 2.75) is 18.4 Å². The lowest BCUT2D eigenvalue weighted by Crippen LogP contribution is -2.51. The van der Waals surface area contributed by atoms with Crippen LogP contribution in [0.2, 0.25) is 10.0 Å². The van der Waals surface area contributed by atoms with Crippen molar-refractivity contribution in [3.8, 4) is 11.5 Å². The van der Waals surface area contributed by atoms with Gasteiger partial charge in [0.05, 0.1) is 10.6 Å². The van der Waals surface area contributed by atoms with E-state index < -0.39 is 10.0 Å². The first-order valence-corrected chi connectivity index (χ1v) is 14.3. The average molecular weight is 577 g/mol. The molecule has 1 amide bonds. The molecule has 3 aromatic rings. The van der Waals surface area contributed by atoms with Crippen molar-refractivity contribution in [3.05, 3.63) is 81.8 Å². The van der Waals surface area contributed by atoms with Crippen LogP contribution in [0.1, 0.15) is 11.1 Å². The van der Waals surface area contributed by atoms with E-state index in [0.29, 0.717) is 32.7 Å². The molecular formula is C27H27Cl2N3O5S. The molecule has 2 aliphatic heterocycles. The van der Waals surface area contributed by atoms with Crippen LogP contribution in [0, 0.1) is 6.92 Å². The minimum atomic E-state index is -4.06. The van der Waals surface area contributed by atoms with Gasteiger partial charge in [-0.3, -0.25) is 14.0 Å². The highest BCUT2D eigenvalue weighted by Gasteiger charge is 2.31. The molecule has 200 valence electrons. The molecule has 1 saturated heterocycles. The van der Waals surface area contributed by atoms with Gasteiger partial charge in [0, 0.05) is 42.8 Å². The third-order valence-electron chi connectivity index (χ3n) is 6.59. The van der Waals surface area contributed by atoms with E-state index in [2.05, 4.69) is 4.90 Å². The summed E-state index contributed by atoms with van der Waals surface area (Å²) in [6.07, 6.45) is 0. The molecule has 0 radical (unpaired) electrons. The Morgan fingerprint density at radius 3 is 2.24 bits per heavy atom. The van der Waals surface area contributed by atoms with Gasteiger partial charge in [0.15, 0.2) is 11.5 Å². The number of carbonyl (C=O) groups excluding carboxylic acids is 1. The Kier molecular flexibility index (Phi) is 7.72. The van der Waals surface area contributed by atoms with Crippen LogP contribution in [0.3, 0.4) is 0 Å². The number of nitrogens with zero attached hydrogens (tertiary/aromatic N) is 3. The van der Waals surface area contributed by atoms with Crippen LogP contribution < -0.4 is 13.8 Å². The highest BCUT2D eigenvalue weighted by Crippen LogP contribution is 2.33. The van der Waals surface area contributed by atoms with Gasteiger partial charge in [0.2, 0.25) is 12.7 Å². The molecule has 0 bridgehead atoms. The van der Waals surface area contributed by atoms with E-state index in [1.807, 2.05) is 25.1 Å². The number of benzene rings is 3. The van der Waals surface area contributed by atoms with Crippen molar-refractivity contribution in [1.29, 1.82) is 0 Å². The highest BCUT2D eigenvalue weighted by molar-refractivity contribution is 7.92. The molecule has 0 spiro atoms. The predicted molar refractivity (Wildman–Crippen MR) is 147 cm³/mol. The minimum absolute atomic E-state index is 0.0838. The number of carbonyl (C=O) groups is 1. The molecule has 2 aliphatic rings. The number of sulfonamides is 1. The summed E-state index contributed by atoms with van der Waals surface area (Å²) >= 11 is 12.4. The molecular weight excluding hydrogens is 549 g/mol. The normalized spacial score (nSPS) is 15.5. The summed E-state index contributed by atoms with van der Waals surface area (Å²) in [5, 5.41) is 0.558.